The molecule has 4 nitrogen and oxygen atoms in total. The minimum Gasteiger partial charge on any atom is -0.486 e. The van der Waals surface area contributed by atoms with Gasteiger partial charge in [-0.25, -0.2) is 4.98 Å². The van der Waals surface area contributed by atoms with Gasteiger partial charge >= 0.3 is 0 Å². The van der Waals surface area contributed by atoms with Gasteiger partial charge in [-0.2, -0.15) is 0 Å². The Balaban J connectivity index is 1.90. The van der Waals surface area contributed by atoms with Crippen LogP contribution in [-0.2, 0) is 6.61 Å². The first-order valence-corrected chi connectivity index (χ1v) is 8.31. The number of aromatic amines is 1. The monoisotopic (exact) mass is 412 g/mol. The number of nitrogens with zero attached hydrogens (tertiary/aromatic N) is 1. The molecule has 0 spiro atoms. The Hall–Kier alpha value is -1.41. The Labute approximate surface area is 139 Å². The van der Waals surface area contributed by atoms with Crippen molar-refractivity contribution in [2.24, 2.45) is 0 Å². The predicted octanol–water partition coefficient (Wildman–Crippen LogP) is 3.79. The number of halogens is 1. The lowest BCUT2D eigenvalue weighted by Gasteiger charge is -2.06. The van der Waals surface area contributed by atoms with E-state index in [1.807, 2.05) is 38.1 Å². The number of H-pyrrole nitrogens is 1. The van der Waals surface area contributed by atoms with Gasteiger partial charge in [0.05, 0.1) is 5.39 Å². The molecule has 0 atom stereocenters. The fourth-order valence-corrected chi connectivity index (χ4v) is 3.64. The molecule has 2 heterocycles. The van der Waals surface area contributed by atoms with Crippen LogP contribution < -0.4 is 10.3 Å². The van der Waals surface area contributed by atoms with E-state index >= 15 is 0 Å². The van der Waals surface area contributed by atoms with Gasteiger partial charge in [-0.1, -0.05) is 6.07 Å². The van der Waals surface area contributed by atoms with Crippen molar-refractivity contribution in [1.82, 2.24) is 9.97 Å². The minimum absolute atomic E-state index is 0.0944. The third-order valence-corrected chi connectivity index (χ3v) is 5.03. The molecule has 0 saturated carbocycles. The summed E-state index contributed by atoms with van der Waals surface area (Å²) in [5.41, 5.74) is 0.914. The van der Waals surface area contributed by atoms with Gasteiger partial charge in [-0.15, -0.1) is 11.3 Å². The number of nitrogens with one attached hydrogen (secondary N) is 1. The minimum atomic E-state index is -0.0944. The molecule has 21 heavy (non-hydrogen) atoms. The van der Waals surface area contributed by atoms with Gasteiger partial charge in [0.1, 0.15) is 23.0 Å². The molecule has 3 rings (SSSR count). The van der Waals surface area contributed by atoms with Crippen molar-refractivity contribution < 1.29 is 4.74 Å². The second-order valence-electron chi connectivity index (χ2n) is 4.72. The first-order chi connectivity index (χ1) is 10.0. The average molecular weight is 412 g/mol. The highest BCUT2D eigenvalue weighted by molar-refractivity contribution is 14.1. The number of thiophene rings is 1. The van der Waals surface area contributed by atoms with Crippen molar-refractivity contribution in [3.63, 3.8) is 0 Å². The normalized spacial score (nSPS) is 11.0. The molecule has 0 saturated heterocycles. The van der Waals surface area contributed by atoms with Crippen LogP contribution in [0, 0.1) is 17.4 Å². The molecule has 0 aliphatic rings. The fraction of sp³-hybridized carbons (Fsp3) is 0.200. The van der Waals surface area contributed by atoms with Crippen molar-refractivity contribution in [2.75, 3.05) is 0 Å². The number of aryl methyl sites for hydroxylation is 2. The van der Waals surface area contributed by atoms with Crippen LogP contribution in [0.4, 0.5) is 0 Å². The number of aromatic nitrogens is 2. The topological polar surface area (TPSA) is 55.0 Å². The third kappa shape index (κ3) is 2.96. The first-order valence-electron chi connectivity index (χ1n) is 6.42. The molecule has 1 aromatic carbocycles. The second-order valence-corrected chi connectivity index (χ2v) is 7.17. The van der Waals surface area contributed by atoms with Crippen LogP contribution in [0.5, 0.6) is 5.75 Å². The van der Waals surface area contributed by atoms with Crippen LogP contribution in [0.1, 0.15) is 16.3 Å². The van der Waals surface area contributed by atoms with E-state index in [9.17, 15) is 4.79 Å². The van der Waals surface area contributed by atoms with Gasteiger partial charge in [0, 0.05) is 8.45 Å². The molecule has 0 unspecified atom stereocenters. The van der Waals surface area contributed by atoms with Gasteiger partial charge in [0.15, 0.2) is 0 Å². The van der Waals surface area contributed by atoms with E-state index in [-0.39, 0.29) is 12.2 Å². The molecule has 6 heteroatoms. The Bertz CT molecular complexity index is 870. The lowest BCUT2D eigenvalue weighted by atomic mass is 10.2. The van der Waals surface area contributed by atoms with Crippen molar-refractivity contribution in [2.45, 2.75) is 20.5 Å². The molecular formula is C15H13IN2O2S. The molecule has 0 fully saturated rings. The van der Waals surface area contributed by atoms with Crippen LogP contribution >= 0.6 is 33.9 Å². The van der Waals surface area contributed by atoms with E-state index in [1.165, 1.54) is 0 Å². The standard InChI is InChI=1S/C15H13IN2O2S/c1-8-9(2)21-15-13(8)14(19)17-12(18-15)7-20-11-5-3-4-10(16)6-11/h3-6H,7H2,1-2H3,(H,17,18,19). The lowest BCUT2D eigenvalue weighted by molar-refractivity contribution is 0.296. The molecule has 3 aromatic rings. The molecule has 0 radical (unpaired) electrons. The molecule has 0 bridgehead atoms. The van der Waals surface area contributed by atoms with Crippen molar-refractivity contribution in [3.05, 3.63) is 54.5 Å². The Kier molecular flexibility index (Phi) is 3.99. The summed E-state index contributed by atoms with van der Waals surface area (Å²) in [6, 6.07) is 7.76. The Morgan fingerprint density at radius 2 is 2.19 bits per heavy atom. The van der Waals surface area contributed by atoms with E-state index in [4.69, 9.17) is 4.74 Å². The zero-order chi connectivity index (χ0) is 15.0. The first kappa shape index (κ1) is 14.5. The van der Waals surface area contributed by atoms with Crippen molar-refractivity contribution in [3.8, 4) is 5.75 Å². The summed E-state index contributed by atoms with van der Waals surface area (Å²) in [6.45, 7) is 4.21. The van der Waals surface area contributed by atoms with E-state index in [0.717, 1.165) is 24.6 Å². The number of ether oxygens (including phenoxy) is 1. The van der Waals surface area contributed by atoms with Crippen LogP contribution in [0.25, 0.3) is 10.2 Å². The zero-order valence-corrected chi connectivity index (χ0v) is 14.5. The van der Waals surface area contributed by atoms with Crippen LogP contribution in [-0.4, -0.2) is 9.97 Å². The highest BCUT2D eigenvalue weighted by Crippen LogP contribution is 2.25. The van der Waals surface area contributed by atoms with Gasteiger partial charge < -0.3 is 9.72 Å². The predicted molar refractivity (Wildman–Crippen MR) is 93.2 cm³/mol. The number of fused-ring (bicyclic) bond motifs is 1. The molecule has 2 aromatic heterocycles. The maximum Gasteiger partial charge on any atom is 0.260 e. The number of hydrogen-bond acceptors (Lipinski definition) is 4. The summed E-state index contributed by atoms with van der Waals surface area (Å²) >= 11 is 3.77. The fourth-order valence-electron chi connectivity index (χ4n) is 2.08. The summed E-state index contributed by atoms with van der Waals surface area (Å²) in [7, 11) is 0. The molecular weight excluding hydrogens is 399 g/mol. The van der Waals surface area contributed by atoms with E-state index in [1.54, 1.807) is 11.3 Å². The number of benzene rings is 1. The van der Waals surface area contributed by atoms with Gasteiger partial charge in [0.25, 0.3) is 5.56 Å². The summed E-state index contributed by atoms with van der Waals surface area (Å²) < 4.78 is 6.78. The summed E-state index contributed by atoms with van der Waals surface area (Å²) in [5.74, 6) is 1.32. The quantitative estimate of drug-likeness (QED) is 0.667. The maximum absolute atomic E-state index is 12.2. The van der Waals surface area contributed by atoms with Crippen molar-refractivity contribution in [1.29, 1.82) is 0 Å². The zero-order valence-electron chi connectivity index (χ0n) is 11.6. The smallest absolute Gasteiger partial charge is 0.260 e. The Morgan fingerprint density at radius 1 is 1.38 bits per heavy atom. The van der Waals surface area contributed by atoms with Gasteiger partial charge in [-0.3, -0.25) is 4.79 Å². The highest BCUT2D eigenvalue weighted by Gasteiger charge is 2.12. The molecule has 108 valence electrons. The number of rotatable bonds is 3. The SMILES string of the molecule is Cc1sc2nc(COc3cccc(I)c3)[nH]c(=O)c2c1C. The maximum atomic E-state index is 12.2. The lowest BCUT2D eigenvalue weighted by Crippen LogP contribution is -2.13. The number of hydrogen-bond donors (Lipinski definition) is 1. The van der Waals surface area contributed by atoms with E-state index in [2.05, 4.69) is 32.6 Å². The van der Waals surface area contributed by atoms with E-state index in [0.29, 0.717) is 11.2 Å². The average Bonchev–Trinajstić information content (AvgIpc) is 2.72. The summed E-state index contributed by atoms with van der Waals surface area (Å²) in [4.78, 5) is 21.3. The van der Waals surface area contributed by atoms with E-state index < -0.39 is 0 Å². The van der Waals surface area contributed by atoms with Crippen LogP contribution in [0.3, 0.4) is 0 Å². The Morgan fingerprint density at radius 3 is 2.95 bits per heavy atom. The molecule has 0 amide bonds. The van der Waals surface area contributed by atoms with Gasteiger partial charge in [0.2, 0.25) is 0 Å². The van der Waals surface area contributed by atoms with Gasteiger partial charge in [-0.05, 0) is 60.2 Å². The third-order valence-electron chi connectivity index (χ3n) is 3.26. The molecule has 0 aliphatic carbocycles. The van der Waals surface area contributed by atoms with Crippen molar-refractivity contribution >= 4 is 44.1 Å². The second kappa shape index (κ2) is 5.76. The molecule has 1 N–H and O–H groups in total. The molecule has 0 aliphatic heterocycles. The van der Waals surface area contributed by atoms with Crippen LogP contribution in [0.2, 0.25) is 0 Å². The largest absolute Gasteiger partial charge is 0.486 e. The summed E-state index contributed by atoms with van der Waals surface area (Å²) in [6.07, 6.45) is 0. The highest BCUT2D eigenvalue weighted by atomic mass is 127. The van der Waals surface area contributed by atoms with Crippen LogP contribution in [0.15, 0.2) is 29.1 Å². The summed E-state index contributed by atoms with van der Waals surface area (Å²) in [5, 5.41) is 0.690.